The van der Waals surface area contributed by atoms with Crippen LogP contribution in [0.2, 0.25) is 0 Å². The summed E-state index contributed by atoms with van der Waals surface area (Å²) >= 11 is 0. The lowest BCUT2D eigenvalue weighted by Gasteiger charge is -2.16. The number of aromatic hydroxyl groups is 1. The van der Waals surface area contributed by atoms with Crippen LogP contribution in [0.5, 0.6) is 5.75 Å². The summed E-state index contributed by atoms with van der Waals surface area (Å²) in [5.74, 6) is 0.0348. The van der Waals surface area contributed by atoms with Crippen LogP contribution < -0.4 is 0 Å². The van der Waals surface area contributed by atoms with Gasteiger partial charge in [0.25, 0.3) is 0 Å². The van der Waals surface area contributed by atoms with E-state index in [1.807, 2.05) is 66.7 Å². The molecule has 0 saturated heterocycles. The third-order valence-electron chi connectivity index (χ3n) is 4.21. The van der Waals surface area contributed by atoms with E-state index >= 15 is 0 Å². The highest BCUT2D eigenvalue weighted by molar-refractivity contribution is 5.66. The zero-order chi connectivity index (χ0) is 17.8. The fourth-order valence-corrected chi connectivity index (χ4v) is 3.00. The number of phenols is 1. The monoisotopic (exact) mass is 339 g/mol. The first kappa shape index (κ1) is 16.0. The van der Waals surface area contributed by atoms with Gasteiger partial charge in [0.2, 0.25) is 0 Å². The Bertz CT molecular complexity index is 964. The molecule has 0 bridgehead atoms. The fourth-order valence-electron chi connectivity index (χ4n) is 3.00. The number of para-hydroxylation sites is 1. The number of benzene rings is 1. The van der Waals surface area contributed by atoms with Crippen LogP contribution in [-0.2, 0) is 0 Å². The highest BCUT2D eigenvalue weighted by Crippen LogP contribution is 2.32. The second kappa shape index (κ2) is 7.15. The van der Waals surface area contributed by atoms with Gasteiger partial charge in [-0.2, -0.15) is 0 Å². The second-order valence-electron chi connectivity index (χ2n) is 5.91. The molecule has 1 N–H and O–H groups in total. The quantitative estimate of drug-likeness (QED) is 0.598. The molecular formula is C22H17N3O. The number of phenolic OH excluding ortho intramolecular Hbond substituents is 1. The van der Waals surface area contributed by atoms with E-state index in [1.54, 1.807) is 24.5 Å². The van der Waals surface area contributed by atoms with E-state index in [2.05, 4.69) is 9.97 Å². The van der Waals surface area contributed by atoms with Gasteiger partial charge in [0.05, 0.1) is 28.7 Å². The van der Waals surface area contributed by atoms with E-state index in [-0.39, 0.29) is 11.7 Å². The molecule has 0 saturated carbocycles. The highest BCUT2D eigenvalue weighted by Gasteiger charge is 2.21. The van der Waals surface area contributed by atoms with Crippen LogP contribution in [0.4, 0.5) is 0 Å². The summed E-state index contributed by atoms with van der Waals surface area (Å²) in [6.07, 6.45) is 3.55. The molecule has 0 radical (unpaired) electrons. The van der Waals surface area contributed by atoms with Crippen molar-refractivity contribution in [3.05, 3.63) is 108 Å². The zero-order valence-corrected chi connectivity index (χ0v) is 14.0. The molecule has 0 atom stereocenters. The Morgan fingerprint density at radius 3 is 1.85 bits per heavy atom. The molecule has 4 rings (SSSR count). The standard InChI is InChI=1S/C22H17N3O/c26-21-13-2-1-8-16(21)17-11-7-12-20(25-17)22(18-9-3-5-14-23-18)19-10-4-6-15-24-19/h1-15,22,26H. The maximum absolute atomic E-state index is 10.2. The molecule has 126 valence electrons. The number of pyridine rings is 3. The molecule has 26 heavy (non-hydrogen) atoms. The number of rotatable bonds is 4. The topological polar surface area (TPSA) is 58.9 Å². The first-order valence-electron chi connectivity index (χ1n) is 8.40. The van der Waals surface area contributed by atoms with E-state index in [9.17, 15) is 5.11 Å². The Morgan fingerprint density at radius 2 is 1.23 bits per heavy atom. The maximum atomic E-state index is 10.2. The van der Waals surface area contributed by atoms with Crippen molar-refractivity contribution in [1.29, 1.82) is 0 Å². The van der Waals surface area contributed by atoms with E-state index in [0.29, 0.717) is 5.56 Å². The predicted octanol–water partition coefficient (Wildman–Crippen LogP) is 4.42. The largest absolute Gasteiger partial charge is 0.507 e. The van der Waals surface area contributed by atoms with Crippen LogP contribution >= 0.6 is 0 Å². The lowest BCUT2D eigenvalue weighted by molar-refractivity contribution is 0.477. The van der Waals surface area contributed by atoms with Crippen LogP contribution in [0.25, 0.3) is 11.3 Å². The summed E-state index contributed by atoms with van der Waals surface area (Å²) in [7, 11) is 0. The van der Waals surface area contributed by atoms with Gasteiger partial charge in [-0.3, -0.25) is 15.0 Å². The Hall–Kier alpha value is -3.53. The molecule has 0 aliphatic heterocycles. The SMILES string of the molecule is Oc1ccccc1-c1cccc(C(c2ccccn2)c2ccccn2)n1. The van der Waals surface area contributed by atoms with Gasteiger partial charge in [-0.15, -0.1) is 0 Å². The highest BCUT2D eigenvalue weighted by atomic mass is 16.3. The average Bonchev–Trinajstić information content (AvgIpc) is 2.70. The first-order valence-corrected chi connectivity index (χ1v) is 8.40. The molecule has 0 fully saturated rings. The van der Waals surface area contributed by atoms with E-state index in [4.69, 9.17) is 4.98 Å². The molecule has 0 aliphatic carbocycles. The average molecular weight is 339 g/mol. The minimum absolute atomic E-state index is 0.178. The summed E-state index contributed by atoms with van der Waals surface area (Å²) in [4.78, 5) is 13.9. The molecular weight excluding hydrogens is 322 g/mol. The lowest BCUT2D eigenvalue weighted by Crippen LogP contribution is -2.09. The van der Waals surface area contributed by atoms with Crippen molar-refractivity contribution in [2.24, 2.45) is 0 Å². The van der Waals surface area contributed by atoms with Crippen LogP contribution in [0.1, 0.15) is 23.0 Å². The van der Waals surface area contributed by atoms with Gasteiger partial charge in [-0.25, -0.2) is 0 Å². The minimum atomic E-state index is -0.178. The molecule has 0 aliphatic rings. The van der Waals surface area contributed by atoms with Crippen molar-refractivity contribution in [2.45, 2.75) is 5.92 Å². The van der Waals surface area contributed by atoms with Gasteiger partial charge >= 0.3 is 0 Å². The van der Waals surface area contributed by atoms with Crippen molar-refractivity contribution < 1.29 is 5.11 Å². The van der Waals surface area contributed by atoms with Gasteiger partial charge in [0, 0.05) is 18.0 Å². The number of aromatic nitrogens is 3. The third kappa shape index (κ3) is 3.17. The summed E-state index contributed by atoms with van der Waals surface area (Å²) < 4.78 is 0. The van der Waals surface area contributed by atoms with Gasteiger partial charge in [-0.1, -0.05) is 30.3 Å². The molecule has 3 aromatic heterocycles. The van der Waals surface area contributed by atoms with E-state index < -0.39 is 0 Å². The van der Waals surface area contributed by atoms with Crippen molar-refractivity contribution in [1.82, 2.24) is 15.0 Å². The Balaban J connectivity index is 1.85. The van der Waals surface area contributed by atoms with E-state index in [0.717, 1.165) is 22.8 Å². The van der Waals surface area contributed by atoms with Gasteiger partial charge in [-0.05, 0) is 48.5 Å². The molecule has 4 nitrogen and oxygen atoms in total. The van der Waals surface area contributed by atoms with Gasteiger partial charge in [0.15, 0.2) is 0 Å². The second-order valence-corrected chi connectivity index (χ2v) is 5.91. The lowest BCUT2D eigenvalue weighted by atomic mass is 9.95. The summed E-state index contributed by atoms with van der Waals surface area (Å²) in [5.41, 5.74) is 4.03. The zero-order valence-electron chi connectivity index (χ0n) is 14.0. The van der Waals surface area contributed by atoms with Crippen molar-refractivity contribution in [2.75, 3.05) is 0 Å². The molecule has 0 unspecified atom stereocenters. The summed E-state index contributed by atoms with van der Waals surface area (Å²) in [5, 5.41) is 10.2. The number of hydrogen-bond acceptors (Lipinski definition) is 4. The van der Waals surface area contributed by atoms with Crippen LogP contribution in [0.3, 0.4) is 0 Å². The summed E-state index contributed by atoms with van der Waals surface area (Å²) in [6, 6.07) is 24.7. The molecule has 4 heteroatoms. The normalized spacial score (nSPS) is 10.8. The third-order valence-corrected chi connectivity index (χ3v) is 4.21. The van der Waals surface area contributed by atoms with Crippen molar-refractivity contribution in [3.63, 3.8) is 0 Å². The first-order chi connectivity index (χ1) is 12.8. The molecule has 0 spiro atoms. The van der Waals surface area contributed by atoms with Gasteiger partial charge in [0.1, 0.15) is 5.75 Å². The van der Waals surface area contributed by atoms with Crippen LogP contribution in [0.15, 0.2) is 91.3 Å². The maximum Gasteiger partial charge on any atom is 0.124 e. The fraction of sp³-hybridized carbons (Fsp3) is 0.0455. The molecule has 1 aromatic carbocycles. The summed E-state index contributed by atoms with van der Waals surface area (Å²) in [6.45, 7) is 0. The van der Waals surface area contributed by atoms with E-state index in [1.165, 1.54) is 0 Å². The van der Waals surface area contributed by atoms with Gasteiger partial charge < -0.3 is 5.11 Å². The molecule has 3 heterocycles. The van der Waals surface area contributed by atoms with Crippen LogP contribution in [-0.4, -0.2) is 20.1 Å². The Labute approximate surface area is 151 Å². The number of nitrogens with zero attached hydrogens (tertiary/aromatic N) is 3. The smallest absolute Gasteiger partial charge is 0.124 e. The Morgan fingerprint density at radius 1 is 0.615 bits per heavy atom. The molecule has 4 aromatic rings. The predicted molar refractivity (Wildman–Crippen MR) is 101 cm³/mol. The van der Waals surface area contributed by atoms with Crippen molar-refractivity contribution in [3.8, 4) is 17.0 Å². The number of hydrogen-bond donors (Lipinski definition) is 1. The van der Waals surface area contributed by atoms with Crippen LogP contribution in [0, 0.1) is 0 Å². The Kier molecular flexibility index (Phi) is 4.39. The minimum Gasteiger partial charge on any atom is -0.507 e. The molecule has 0 amide bonds. The van der Waals surface area contributed by atoms with Crippen molar-refractivity contribution >= 4 is 0 Å².